The number of hydrogen-bond donors (Lipinski definition) is 0. The average molecular weight is 455 g/mol. The van der Waals surface area contributed by atoms with E-state index in [-0.39, 0.29) is 36.4 Å². The molecule has 3 heterocycles. The molecular formula is C23H20F3N5O2. The second-order valence-corrected chi connectivity index (χ2v) is 8.07. The lowest BCUT2D eigenvalue weighted by molar-refractivity contribution is -0.0323. The molecule has 7 nitrogen and oxygen atoms in total. The minimum Gasteiger partial charge on any atom is -0.441 e. The molecule has 0 N–H and O–H groups in total. The maximum Gasteiger partial charge on any atom is 0.269 e. The zero-order valence-corrected chi connectivity index (χ0v) is 17.7. The van der Waals surface area contributed by atoms with Crippen LogP contribution in [-0.4, -0.2) is 49.3 Å². The number of benzene rings is 2. The topological polar surface area (TPSA) is 77.0 Å². The van der Waals surface area contributed by atoms with E-state index in [1.165, 1.54) is 40.3 Å². The molecule has 0 aliphatic carbocycles. The summed E-state index contributed by atoms with van der Waals surface area (Å²) in [5, 5.41) is 8.21. The second-order valence-electron chi connectivity index (χ2n) is 8.07. The third-order valence-corrected chi connectivity index (χ3v) is 5.92. The summed E-state index contributed by atoms with van der Waals surface area (Å²) in [6.45, 7) is 1.73. The van der Waals surface area contributed by atoms with Crippen LogP contribution in [0.1, 0.15) is 34.7 Å². The molecule has 2 aromatic carbocycles. The Morgan fingerprint density at radius 3 is 2.79 bits per heavy atom. The van der Waals surface area contributed by atoms with Crippen LogP contribution in [0.2, 0.25) is 0 Å². The zero-order chi connectivity index (χ0) is 23.2. The number of carbonyl (C=O) groups is 1. The van der Waals surface area contributed by atoms with E-state index in [2.05, 4.69) is 15.2 Å². The number of hydrogen-bond acceptors (Lipinski definition) is 5. The van der Waals surface area contributed by atoms with Crippen LogP contribution in [0.4, 0.5) is 13.2 Å². The minimum atomic E-state index is -3.05. The number of nitrogens with zero attached hydrogens (tertiary/aromatic N) is 5. The van der Waals surface area contributed by atoms with Gasteiger partial charge in [-0.1, -0.05) is 12.1 Å². The maximum atomic E-state index is 14.8. The summed E-state index contributed by atoms with van der Waals surface area (Å²) in [5.74, 6) is -3.80. The van der Waals surface area contributed by atoms with Crippen LogP contribution in [0.3, 0.4) is 0 Å². The van der Waals surface area contributed by atoms with E-state index in [9.17, 15) is 18.0 Å². The van der Waals surface area contributed by atoms with Crippen LogP contribution in [0.25, 0.3) is 16.8 Å². The molecule has 33 heavy (non-hydrogen) atoms. The van der Waals surface area contributed by atoms with Gasteiger partial charge in [-0.15, -0.1) is 0 Å². The molecule has 10 heteroatoms. The van der Waals surface area contributed by atoms with Crippen molar-refractivity contribution in [2.45, 2.75) is 38.2 Å². The zero-order valence-electron chi connectivity index (χ0n) is 17.7. The van der Waals surface area contributed by atoms with Crippen LogP contribution >= 0.6 is 0 Å². The van der Waals surface area contributed by atoms with Gasteiger partial charge in [0, 0.05) is 25.5 Å². The van der Waals surface area contributed by atoms with Gasteiger partial charge in [0.2, 0.25) is 0 Å². The number of rotatable bonds is 5. The van der Waals surface area contributed by atoms with E-state index in [1.807, 2.05) is 13.0 Å². The predicted molar refractivity (Wildman–Crippen MR) is 113 cm³/mol. The summed E-state index contributed by atoms with van der Waals surface area (Å²) < 4.78 is 48.6. The number of para-hydroxylation sites is 1. The van der Waals surface area contributed by atoms with Crippen molar-refractivity contribution in [3.8, 4) is 5.69 Å². The highest BCUT2D eigenvalue weighted by molar-refractivity contribution is 5.98. The van der Waals surface area contributed by atoms with Crippen LogP contribution in [0.15, 0.2) is 53.2 Å². The van der Waals surface area contributed by atoms with Crippen molar-refractivity contribution < 1.29 is 22.4 Å². The first kappa shape index (κ1) is 21.2. The SMILES string of the molecule is Cc1cccc(C(=O)N2CCC(F)(F)[C@H]2CCc2nc3ccc(F)cc3o2)c1-n1nccn1. The molecule has 0 unspecified atom stereocenters. The van der Waals surface area contributed by atoms with Crippen molar-refractivity contribution in [2.24, 2.45) is 0 Å². The Bertz CT molecular complexity index is 1320. The normalized spacial score (nSPS) is 17.7. The number of likely N-dealkylation sites (tertiary alicyclic amines) is 1. The Labute approximate surface area is 186 Å². The first-order valence-electron chi connectivity index (χ1n) is 10.5. The van der Waals surface area contributed by atoms with Crippen molar-refractivity contribution in [3.05, 3.63) is 71.6 Å². The second kappa shape index (κ2) is 8.02. The highest BCUT2D eigenvalue weighted by atomic mass is 19.3. The molecule has 2 aromatic heterocycles. The molecule has 1 aliphatic rings. The van der Waals surface area contributed by atoms with E-state index in [0.717, 1.165) is 5.56 Å². The monoisotopic (exact) mass is 455 g/mol. The lowest BCUT2D eigenvalue weighted by Crippen LogP contribution is -2.43. The van der Waals surface area contributed by atoms with Crippen molar-refractivity contribution in [1.82, 2.24) is 24.9 Å². The van der Waals surface area contributed by atoms with Gasteiger partial charge in [-0.3, -0.25) is 4.79 Å². The summed E-state index contributed by atoms with van der Waals surface area (Å²) in [6, 6.07) is 7.72. The summed E-state index contributed by atoms with van der Waals surface area (Å²) in [4.78, 5) is 20.2. The molecule has 170 valence electrons. The molecule has 5 rings (SSSR count). The standard InChI is InChI=1S/C23H20F3N5O2/c1-14-3-2-4-16(21(14)31-27-10-11-28-31)22(32)30-12-9-23(25,26)19(30)7-8-20-29-17-6-5-15(24)13-18(17)33-20/h2-6,10-11,13,19H,7-9,12H2,1H3/t19-/m1/s1. The van der Waals surface area contributed by atoms with E-state index < -0.39 is 30.1 Å². The highest BCUT2D eigenvalue weighted by Crippen LogP contribution is 2.38. The smallest absolute Gasteiger partial charge is 0.269 e. The van der Waals surface area contributed by atoms with E-state index in [4.69, 9.17) is 4.42 Å². The van der Waals surface area contributed by atoms with Gasteiger partial charge < -0.3 is 9.32 Å². The molecule has 0 bridgehead atoms. The molecule has 0 spiro atoms. The Morgan fingerprint density at radius 2 is 2.00 bits per heavy atom. The first-order chi connectivity index (χ1) is 15.8. The van der Waals surface area contributed by atoms with Gasteiger partial charge in [0.05, 0.1) is 24.0 Å². The molecule has 0 saturated carbocycles. The van der Waals surface area contributed by atoms with Crippen molar-refractivity contribution in [2.75, 3.05) is 6.54 Å². The van der Waals surface area contributed by atoms with Crippen molar-refractivity contribution >= 4 is 17.0 Å². The molecule has 4 aromatic rings. The minimum absolute atomic E-state index is 0.0464. The van der Waals surface area contributed by atoms with Gasteiger partial charge in [0.1, 0.15) is 17.0 Å². The van der Waals surface area contributed by atoms with Crippen LogP contribution in [0.5, 0.6) is 0 Å². The van der Waals surface area contributed by atoms with Crippen LogP contribution in [0, 0.1) is 12.7 Å². The molecule has 1 aliphatic heterocycles. The number of aromatic nitrogens is 4. The average Bonchev–Trinajstić information content (AvgIpc) is 3.50. The lowest BCUT2D eigenvalue weighted by atomic mass is 10.0. The fourth-order valence-corrected chi connectivity index (χ4v) is 4.33. The third-order valence-electron chi connectivity index (χ3n) is 5.92. The molecule has 1 atom stereocenters. The number of oxazole rings is 1. The Morgan fingerprint density at radius 1 is 1.21 bits per heavy atom. The van der Waals surface area contributed by atoms with Gasteiger partial charge in [-0.05, 0) is 37.1 Å². The first-order valence-corrected chi connectivity index (χ1v) is 10.5. The van der Waals surface area contributed by atoms with Gasteiger partial charge in [-0.2, -0.15) is 15.0 Å². The quantitative estimate of drug-likeness (QED) is 0.448. The number of fused-ring (bicyclic) bond motifs is 1. The summed E-state index contributed by atoms with van der Waals surface area (Å²) in [7, 11) is 0. The third kappa shape index (κ3) is 3.85. The number of carbonyl (C=O) groups excluding carboxylic acids is 1. The van der Waals surface area contributed by atoms with Crippen LogP contribution in [-0.2, 0) is 6.42 Å². The Hall–Kier alpha value is -3.69. The van der Waals surface area contributed by atoms with Gasteiger partial charge >= 0.3 is 0 Å². The van der Waals surface area contributed by atoms with E-state index in [1.54, 1.807) is 12.1 Å². The maximum absolute atomic E-state index is 14.8. The fraction of sp³-hybridized carbons (Fsp3) is 0.304. The Kier molecular flexibility index (Phi) is 5.15. The van der Waals surface area contributed by atoms with Gasteiger partial charge in [0.25, 0.3) is 11.8 Å². The molecule has 1 amide bonds. The highest BCUT2D eigenvalue weighted by Gasteiger charge is 2.50. The Balaban J connectivity index is 1.42. The lowest BCUT2D eigenvalue weighted by Gasteiger charge is -2.28. The van der Waals surface area contributed by atoms with Crippen molar-refractivity contribution in [1.29, 1.82) is 0 Å². The van der Waals surface area contributed by atoms with Gasteiger partial charge in [-0.25, -0.2) is 18.2 Å². The largest absolute Gasteiger partial charge is 0.441 e. The number of aryl methyl sites for hydroxylation is 2. The fourth-order valence-electron chi connectivity index (χ4n) is 4.33. The number of halogens is 3. The number of amides is 1. The van der Waals surface area contributed by atoms with Crippen LogP contribution < -0.4 is 0 Å². The molecule has 1 saturated heterocycles. The molecule has 0 radical (unpaired) electrons. The summed E-state index contributed by atoms with van der Waals surface area (Å²) in [5.41, 5.74) is 2.17. The molecule has 1 fully saturated rings. The predicted octanol–water partition coefficient (Wildman–Crippen LogP) is 4.34. The van der Waals surface area contributed by atoms with E-state index >= 15 is 0 Å². The summed E-state index contributed by atoms with van der Waals surface area (Å²) >= 11 is 0. The van der Waals surface area contributed by atoms with E-state index in [0.29, 0.717) is 11.2 Å². The summed E-state index contributed by atoms with van der Waals surface area (Å²) in [6.07, 6.45) is 2.58. The van der Waals surface area contributed by atoms with Gasteiger partial charge in [0.15, 0.2) is 11.5 Å². The van der Waals surface area contributed by atoms with Crippen molar-refractivity contribution in [3.63, 3.8) is 0 Å². The number of alkyl halides is 2. The molecular weight excluding hydrogens is 435 g/mol.